The normalized spacial score (nSPS) is 13.0. The molecule has 11 nitrogen and oxygen atoms in total. The third-order valence-electron chi connectivity index (χ3n) is 5.48. The second kappa shape index (κ2) is 12.9. The Bertz CT molecular complexity index is 1140. The molecular weight excluding hydrogens is 468 g/mol. The van der Waals surface area contributed by atoms with Gasteiger partial charge in [-0.3, -0.25) is 19.2 Å². The molecule has 13 heteroatoms. The van der Waals surface area contributed by atoms with Crippen molar-refractivity contribution in [2.45, 2.75) is 32.5 Å². The minimum absolute atomic E-state index is 0.0957. The number of fused-ring (bicyclic) bond motifs is 2. The number of carbonyl (C=O) groups excluding carboxylic acids is 3. The molecule has 3 amide bonds. The Morgan fingerprint density at radius 1 is 0.972 bits per heavy atom. The maximum atomic E-state index is 12.0. The lowest BCUT2D eigenvalue weighted by molar-refractivity contribution is -0.136. The highest BCUT2D eigenvalue weighted by Gasteiger charge is 2.27. The molecule has 0 saturated heterocycles. The number of hydrogen-bond donors (Lipinski definition) is 5. The Balaban J connectivity index is 0.000000233. The average Bonchev–Trinajstić information content (AvgIpc) is 3.47. The van der Waals surface area contributed by atoms with Gasteiger partial charge >= 0.3 is 20.6 Å². The van der Waals surface area contributed by atoms with E-state index in [1.54, 1.807) is 37.8 Å². The zero-order chi connectivity index (χ0) is 26.1. The Labute approximate surface area is 208 Å². The standard InChI is InChI=1S/C15H18BN2O5.C8H8BNO3/c19-13(17-7-5-14(20)21)2-1-6-18-15(22)10-3-4-11-9-23-16-12(11)8-10;10-8(11)5-1-2-6-4-13-9(12)7(6)3-5/h3-4,8H,1-2,5-7,9H2,(H,17,19)(H,18,22)(H,20,21);1-3,12H,4H2,(H2,10,11). The zero-order valence-electron chi connectivity index (χ0n) is 19.5. The highest BCUT2D eigenvalue weighted by molar-refractivity contribution is 6.61. The van der Waals surface area contributed by atoms with Gasteiger partial charge in [0.15, 0.2) is 0 Å². The van der Waals surface area contributed by atoms with E-state index in [0.29, 0.717) is 42.8 Å². The molecule has 6 N–H and O–H groups in total. The van der Waals surface area contributed by atoms with Gasteiger partial charge in [-0.25, -0.2) is 0 Å². The fourth-order valence-electron chi connectivity index (χ4n) is 3.52. The van der Waals surface area contributed by atoms with Crippen molar-refractivity contribution in [2.24, 2.45) is 5.73 Å². The number of aliphatic carboxylic acids is 1. The van der Waals surface area contributed by atoms with Gasteiger partial charge in [-0.05, 0) is 46.7 Å². The molecule has 2 aliphatic rings. The largest absolute Gasteiger partial charge is 0.491 e. The van der Waals surface area contributed by atoms with Gasteiger partial charge < -0.3 is 35.8 Å². The lowest BCUT2D eigenvalue weighted by atomic mass is 9.79. The summed E-state index contributed by atoms with van der Waals surface area (Å²) in [4.78, 5) is 44.6. The van der Waals surface area contributed by atoms with Gasteiger partial charge in [-0.15, -0.1) is 0 Å². The SMILES string of the molecule is NC(=O)c1ccc2c(c1)B(O)OC2.O=C(O)CCNC(=O)CCCNC(=O)c1ccc2c(c1)[B]OC2. The number of primary amides is 1. The molecule has 36 heavy (non-hydrogen) atoms. The number of rotatable bonds is 9. The van der Waals surface area contributed by atoms with Crippen molar-refractivity contribution >= 4 is 49.2 Å². The second-order valence-corrected chi connectivity index (χ2v) is 8.14. The number of hydrogen-bond acceptors (Lipinski definition) is 7. The third-order valence-corrected chi connectivity index (χ3v) is 5.48. The van der Waals surface area contributed by atoms with Crippen LogP contribution >= 0.6 is 0 Å². The maximum absolute atomic E-state index is 12.0. The molecule has 4 rings (SSSR count). The van der Waals surface area contributed by atoms with Gasteiger partial charge in [0, 0.05) is 30.6 Å². The van der Waals surface area contributed by atoms with E-state index in [9.17, 15) is 24.2 Å². The Kier molecular flexibility index (Phi) is 9.62. The summed E-state index contributed by atoms with van der Waals surface area (Å²) in [5, 5.41) is 23.0. The van der Waals surface area contributed by atoms with E-state index in [4.69, 9.17) is 20.1 Å². The molecule has 0 aliphatic carbocycles. The van der Waals surface area contributed by atoms with Gasteiger partial charge in [-0.2, -0.15) is 0 Å². The number of carboxylic acids is 1. The first-order valence-corrected chi connectivity index (χ1v) is 11.3. The number of amides is 3. The van der Waals surface area contributed by atoms with E-state index in [1.165, 1.54) is 0 Å². The van der Waals surface area contributed by atoms with Crippen molar-refractivity contribution in [1.82, 2.24) is 10.6 Å². The molecule has 0 atom stereocenters. The minimum atomic E-state index is -0.949. The minimum Gasteiger partial charge on any atom is -0.481 e. The average molecular weight is 494 g/mol. The summed E-state index contributed by atoms with van der Waals surface area (Å²) >= 11 is 0. The van der Waals surface area contributed by atoms with Crippen LogP contribution in [0.15, 0.2) is 36.4 Å². The summed E-state index contributed by atoms with van der Waals surface area (Å²) in [5.41, 5.74) is 9.54. The van der Waals surface area contributed by atoms with Crippen LogP contribution in [0.5, 0.6) is 0 Å². The molecule has 187 valence electrons. The summed E-state index contributed by atoms with van der Waals surface area (Å²) in [6.45, 7) is 1.42. The zero-order valence-corrected chi connectivity index (χ0v) is 19.5. The van der Waals surface area contributed by atoms with Crippen molar-refractivity contribution in [3.05, 3.63) is 58.7 Å². The molecule has 2 aromatic rings. The quantitative estimate of drug-likeness (QED) is 0.208. The second-order valence-electron chi connectivity index (χ2n) is 8.14. The predicted molar refractivity (Wildman–Crippen MR) is 131 cm³/mol. The predicted octanol–water partition coefficient (Wildman–Crippen LogP) is -1.43. The van der Waals surface area contributed by atoms with Gasteiger partial charge in [0.25, 0.3) is 5.91 Å². The molecule has 0 unspecified atom stereocenters. The maximum Gasteiger partial charge on any atom is 0.491 e. The summed E-state index contributed by atoms with van der Waals surface area (Å²) in [7, 11) is 0.711. The van der Waals surface area contributed by atoms with Gasteiger partial charge in [0.1, 0.15) is 0 Å². The first-order valence-electron chi connectivity index (χ1n) is 11.3. The van der Waals surface area contributed by atoms with Crippen LogP contribution in [0.1, 0.15) is 51.1 Å². The molecule has 0 bridgehead atoms. The van der Waals surface area contributed by atoms with Crippen LogP contribution in [0.2, 0.25) is 0 Å². The van der Waals surface area contributed by atoms with Crippen LogP contribution < -0.4 is 27.3 Å². The van der Waals surface area contributed by atoms with Gasteiger partial charge in [0.2, 0.25) is 11.8 Å². The molecule has 1 radical (unpaired) electrons. The molecule has 0 spiro atoms. The molecule has 0 saturated carbocycles. The fraction of sp³-hybridized carbons (Fsp3) is 0.304. The number of carbonyl (C=O) groups is 4. The monoisotopic (exact) mass is 494 g/mol. The van der Waals surface area contributed by atoms with Crippen LogP contribution in [-0.2, 0) is 32.1 Å². The fourth-order valence-corrected chi connectivity index (χ4v) is 3.52. The first-order chi connectivity index (χ1) is 17.2. The highest BCUT2D eigenvalue weighted by atomic mass is 16.5. The van der Waals surface area contributed by atoms with Crippen molar-refractivity contribution < 1.29 is 38.6 Å². The summed E-state index contributed by atoms with van der Waals surface area (Å²) in [6.07, 6.45) is 0.637. The Morgan fingerprint density at radius 2 is 1.72 bits per heavy atom. The van der Waals surface area contributed by atoms with Gasteiger partial charge in [-0.1, -0.05) is 18.2 Å². The smallest absolute Gasteiger partial charge is 0.481 e. The number of nitrogens with one attached hydrogen (secondary N) is 2. The third kappa shape index (κ3) is 7.67. The number of carboxylic acid groups (broad SMARTS) is 1. The van der Waals surface area contributed by atoms with E-state index in [2.05, 4.69) is 10.6 Å². The van der Waals surface area contributed by atoms with Crippen molar-refractivity contribution in [1.29, 1.82) is 0 Å². The van der Waals surface area contributed by atoms with Crippen LogP contribution in [0.25, 0.3) is 0 Å². The summed E-state index contributed by atoms with van der Waals surface area (Å²) in [6, 6.07) is 10.3. The Hall–Kier alpha value is -3.67. The molecule has 0 aromatic heterocycles. The first kappa shape index (κ1) is 26.9. The van der Waals surface area contributed by atoms with Gasteiger partial charge in [0.05, 0.1) is 19.6 Å². The Morgan fingerprint density at radius 3 is 2.47 bits per heavy atom. The number of benzene rings is 2. The van der Waals surface area contributed by atoms with Crippen LogP contribution in [-0.4, -0.2) is 61.5 Å². The number of nitrogens with two attached hydrogens (primary N) is 1. The van der Waals surface area contributed by atoms with E-state index in [1.807, 2.05) is 6.07 Å². The van der Waals surface area contributed by atoms with Crippen molar-refractivity contribution in [3.63, 3.8) is 0 Å². The molecule has 0 fully saturated rings. The van der Waals surface area contributed by atoms with Crippen molar-refractivity contribution in [3.8, 4) is 0 Å². The summed E-state index contributed by atoms with van der Waals surface area (Å²) in [5.74, 6) is -1.86. The van der Waals surface area contributed by atoms with Crippen LogP contribution in [0.3, 0.4) is 0 Å². The molecule has 2 aliphatic heterocycles. The lowest BCUT2D eigenvalue weighted by Crippen LogP contribution is -2.29. The van der Waals surface area contributed by atoms with Crippen LogP contribution in [0, 0.1) is 0 Å². The van der Waals surface area contributed by atoms with E-state index in [-0.39, 0.29) is 31.2 Å². The van der Waals surface area contributed by atoms with Crippen molar-refractivity contribution in [2.75, 3.05) is 13.1 Å². The topological polar surface area (TPSA) is 177 Å². The van der Waals surface area contributed by atoms with E-state index in [0.717, 1.165) is 16.6 Å². The van der Waals surface area contributed by atoms with E-state index < -0.39 is 19.0 Å². The summed E-state index contributed by atoms with van der Waals surface area (Å²) < 4.78 is 10.1. The molecule has 2 aromatic carbocycles. The highest BCUT2D eigenvalue weighted by Crippen LogP contribution is 2.11. The van der Waals surface area contributed by atoms with E-state index >= 15 is 0 Å². The molecule has 2 heterocycles. The molecular formula is C23H26B2N3O8. The van der Waals surface area contributed by atoms with Crippen LogP contribution in [0.4, 0.5) is 0 Å². The lowest BCUT2D eigenvalue weighted by Gasteiger charge is -2.07.